The first-order valence-electron chi connectivity index (χ1n) is 4.51. The van der Waals surface area contributed by atoms with Gasteiger partial charge in [0.2, 0.25) is 0 Å². The molecule has 1 heterocycles. The third kappa shape index (κ3) is 3.50. The standard InChI is InChI=1S/C10H13BrO2S/c1-2-13-10(12)6-8(7-11)9-4-3-5-14-9/h3,5-6,9H,2,4,7H2,1H3/b8-6+. The van der Waals surface area contributed by atoms with Crippen LogP contribution in [-0.4, -0.2) is 23.2 Å². The van der Waals surface area contributed by atoms with Gasteiger partial charge in [-0.3, -0.25) is 0 Å². The SMILES string of the molecule is CCOC(=O)/C=C(\CBr)C1CC=CS1. The summed E-state index contributed by atoms with van der Waals surface area (Å²) in [5.41, 5.74) is 1.10. The zero-order valence-electron chi connectivity index (χ0n) is 8.03. The van der Waals surface area contributed by atoms with Crippen LogP contribution in [0.1, 0.15) is 13.3 Å². The highest BCUT2D eigenvalue weighted by atomic mass is 79.9. The molecule has 1 aliphatic heterocycles. The average Bonchev–Trinajstić information content (AvgIpc) is 2.67. The Hall–Kier alpha value is -0.220. The Morgan fingerprint density at radius 2 is 2.57 bits per heavy atom. The minimum atomic E-state index is -0.241. The lowest BCUT2D eigenvalue weighted by molar-refractivity contribution is -0.137. The van der Waals surface area contributed by atoms with Gasteiger partial charge in [0.05, 0.1) is 6.61 Å². The zero-order chi connectivity index (χ0) is 10.4. The van der Waals surface area contributed by atoms with E-state index in [1.807, 2.05) is 6.92 Å². The summed E-state index contributed by atoms with van der Waals surface area (Å²) < 4.78 is 4.87. The number of ether oxygens (including phenoxy) is 1. The van der Waals surface area contributed by atoms with Crippen LogP contribution in [0.5, 0.6) is 0 Å². The molecule has 78 valence electrons. The second-order valence-electron chi connectivity index (χ2n) is 2.84. The topological polar surface area (TPSA) is 26.3 Å². The van der Waals surface area contributed by atoms with Crippen molar-refractivity contribution in [3.8, 4) is 0 Å². The summed E-state index contributed by atoms with van der Waals surface area (Å²) in [6, 6.07) is 0. The van der Waals surface area contributed by atoms with Crippen molar-refractivity contribution in [3.63, 3.8) is 0 Å². The molecule has 0 N–H and O–H groups in total. The zero-order valence-corrected chi connectivity index (χ0v) is 10.4. The van der Waals surface area contributed by atoms with Gasteiger partial charge < -0.3 is 4.74 Å². The number of carbonyl (C=O) groups excluding carboxylic acids is 1. The molecule has 1 aliphatic rings. The maximum Gasteiger partial charge on any atom is 0.330 e. The lowest BCUT2D eigenvalue weighted by atomic mass is 10.1. The Bertz CT molecular complexity index is 253. The van der Waals surface area contributed by atoms with Crippen molar-refractivity contribution in [2.75, 3.05) is 11.9 Å². The van der Waals surface area contributed by atoms with Crippen molar-refractivity contribution in [2.45, 2.75) is 18.6 Å². The third-order valence-electron chi connectivity index (χ3n) is 1.85. The number of rotatable bonds is 4. The Morgan fingerprint density at radius 3 is 3.07 bits per heavy atom. The fourth-order valence-electron chi connectivity index (χ4n) is 1.18. The molecule has 0 saturated heterocycles. The number of hydrogen-bond donors (Lipinski definition) is 0. The van der Waals surface area contributed by atoms with Crippen molar-refractivity contribution in [1.82, 2.24) is 0 Å². The minimum absolute atomic E-state index is 0.241. The second-order valence-corrected chi connectivity index (χ2v) is 4.51. The maximum atomic E-state index is 11.2. The summed E-state index contributed by atoms with van der Waals surface area (Å²) in [5, 5.41) is 3.20. The molecule has 0 bridgehead atoms. The van der Waals surface area contributed by atoms with Crippen LogP contribution < -0.4 is 0 Å². The van der Waals surface area contributed by atoms with Crippen molar-refractivity contribution < 1.29 is 9.53 Å². The van der Waals surface area contributed by atoms with E-state index in [0.29, 0.717) is 11.9 Å². The lowest BCUT2D eigenvalue weighted by Crippen LogP contribution is -2.08. The van der Waals surface area contributed by atoms with E-state index in [1.54, 1.807) is 17.8 Å². The third-order valence-corrected chi connectivity index (χ3v) is 3.67. The molecule has 2 nitrogen and oxygen atoms in total. The Morgan fingerprint density at radius 1 is 1.79 bits per heavy atom. The van der Waals surface area contributed by atoms with E-state index in [9.17, 15) is 4.79 Å². The van der Waals surface area contributed by atoms with Crippen molar-refractivity contribution in [2.24, 2.45) is 0 Å². The van der Waals surface area contributed by atoms with E-state index in [2.05, 4.69) is 27.4 Å². The van der Waals surface area contributed by atoms with E-state index in [0.717, 1.165) is 17.3 Å². The van der Waals surface area contributed by atoms with Gasteiger partial charge in [-0.05, 0) is 24.3 Å². The fourth-order valence-corrected chi connectivity index (χ4v) is 2.90. The molecule has 0 aromatic carbocycles. The number of thioether (sulfide) groups is 1. The smallest absolute Gasteiger partial charge is 0.330 e. The lowest BCUT2D eigenvalue weighted by Gasteiger charge is -2.10. The first kappa shape index (κ1) is 11.9. The molecule has 0 saturated carbocycles. The molecule has 0 amide bonds. The molecule has 0 spiro atoms. The maximum absolute atomic E-state index is 11.2. The highest BCUT2D eigenvalue weighted by Gasteiger charge is 2.16. The van der Waals surface area contributed by atoms with E-state index in [1.165, 1.54) is 0 Å². The van der Waals surface area contributed by atoms with Gasteiger partial charge in [0.15, 0.2) is 0 Å². The van der Waals surface area contributed by atoms with E-state index in [-0.39, 0.29) is 5.97 Å². The highest BCUT2D eigenvalue weighted by Crippen LogP contribution is 2.30. The predicted molar refractivity (Wildman–Crippen MR) is 63.6 cm³/mol. The molecule has 0 aromatic rings. The number of halogens is 1. The fraction of sp³-hybridized carbons (Fsp3) is 0.500. The molecule has 4 heteroatoms. The second kappa shape index (κ2) is 6.30. The van der Waals surface area contributed by atoms with E-state index < -0.39 is 0 Å². The van der Waals surface area contributed by atoms with Crippen LogP contribution in [-0.2, 0) is 9.53 Å². The van der Waals surface area contributed by atoms with E-state index in [4.69, 9.17) is 4.74 Å². The first-order valence-corrected chi connectivity index (χ1v) is 6.58. The van der Waals surface area contributed by atoms with E-state index >= 15 is 0 Å². The first-order chi connectivity index (χ1) is 6.77. The molecule has 0 aliphatic carbocycles. The Kier molecular flexibility index (Phi) is 5.33. The van der Waals surface area contributed by atoms with Crippen LogP contribution >= 0.6 is 27.7 Å². The number of alkyl halides is 1. The molecule has 0 radical (unpaired) electrons. The van der Waals surface area contributed by atoms with Gasteiger partial charge in [-0.25, -0.2) is 4.79 Å². The number of carbonyl (C=O) groups is 1. The monoisotopic (exact) mass is 276 g/mol. The largest absolute Gasteiger partial charge is 0.463 e. The van der Waals surface area contributed by atoms with Gasteiger partial charge in [0.25, 0.3) is 0 Å². The summed E-state index contributed by atoms with van der Waals surface area (Å²) in [6.07, 6.45) is 4.72. The highest BCUT2D eigenvalue weighted by molar-refractivity contribution is 9.09. The quantitative estimate of drug-likeness (QED) is 0.449. The van der Waals surface area contributed by atoms with Crippen LogP contribution in [0.25, 0.3) is 0 Å². The van der Waals surface area contributed by atoms with Gasteiger partial charge in [-0.15, -0.1) is 11.8 Å². The van der Waals surface area contributed by atoms with Crippen LogP contribution in [0.15, 0.2) is 23.1 Å². The molecular weight excluding hydrogens is 264 g/mol. The van der Waals surface area contributed by atoms with Crippen molar-refractivity contribution in [3.05, 3.63) is 23.1 Å². The molecular formula is C10H13BrO2S. The average molecular weight is 277 g/mol. The summed E-state index contributed by atoms with van der Waals surface area (Å²) in [7, 11) is 0. The van der Waals surface area contributed by atoms with Gasteiger partial charge >= 0.3 is 5.97 Å². The Labute approximate surface area is 96.9 Å². The number of allylic oxidation sites excluding steroid dienone is 1. The van der Waals surface area contributed by atoms with Crippen LogP contribution in [0.3, 0.4) is 0 Å². The van der Waals surface area contributed by atoms with Gasteiger partial charge in [-0.1, -0.05) is 22.0 Å². The van der Waals surface area contributed by atoms with Crippen molar-refractivity contribution in [1.29, 1.82) is 0 Å². The molecule has 0 fully saturated rings. The normalized spacial score (nSPS) is 21.3. The van der Waals surface area contributed by atoms with Gasteiger partial charge in [0.1, 0.15) is 0 Å². The molecule has 14 heavy (non-hydrogen) atoms. The minimum Gasteiger partial charge on any atom is -0.463 e. The van der Waals surface area contributed by atoms with Crippen molar-refractivity contribution >= 4 is 33.7 Å². The van der Waals surface area contributed by atoms with Crippen LogP contribution in [0.4, 0.5) is 0 Å². The number of hydrogen-bond acceptors (Lipinski definition) is 3. The predicted octanol–water partition coefficient (Wildman–Crippen LogP) is 2.89. The molecule has 0 aromatic heterocycles. The molecule has 1 unspecified atom stereocenters. The molecule has 1 atom stereocenters. The number of esters is 1. The molecule has 1 rings (SSSR count). The summed E-state index contributed by atoms with van der Waals surface area (Å²) in [5.74, 6) is -0.241. The van der Waals surface area contributed by atoms with Gasteiger partial charge in [-0.2, -0.15) is 0 Å². The summed E-state index contributed by atoms with van der Waals surface area (Å²) >= 11 is 5.14. The Balaban J connectivity index is 2.55. The van der Waals surface area contributed by atoms with Crippen LogP contribution in [0.2, 0.25) is 0 Å². The van der Waals surface area contributed by atoms with Gasteiger partial charge in [0, 0.05) is 16.7 Å². The van der Waals surface area contributed by atoms with Crippen LogP contribution in [0, 0.1) is 0 Å². The summed E-state index contributed by atoms with van der Waals surface area (Å²) in [6.45, 7) is 2.24. The summed E-state index contributed by atoms with van der Waals surface area (Å²) in [4.78, 5) is 11.2.